The maximum atomic E-state index is 5.95. The summed E-state index contributed by atoms with van der Waals surface area (Å²) in [6, 6.07) is 5.70. The molecule has 112 valence electrons. The smallest absolute Gasteiger partial charge is 0.257 e. The zero-order valence-electron chi connectivity index (χ0n) is 11.4. The highest BCUT2D eigenvalue weighted by atomic mass is 35.5. The molecule has 0 saturated heterocycles. The van der Waals surface area contributed by atoms with Gasteiger partial charge in [-0.25, -0.2) is 4.52 Å². The molecule has 0 spiro atoms. The number of ether oxygens (including phenoxy) is 3. The minimum atomic E-state index is 0. The van der Waals surface area contributed by atoms with Gasteiger partial charge < -0.3 is 19.9 Å². The van der Waals surface area contributed by atoms with Crippen LogP contribution in [0.15, 0.2) is 24.4 Å². The molecule has 2 N–H and O–H groups in total. The molecule has 0 saturated carbocycles. The molecule has 0 aromatic carbocycles. The van der Waals surface area contributed by atoms with Crippen LogP contribution in [-0.4, -0.2) is 42.6 Å². The van der Waals surface area contributed by atoms with E-state index in [1.807, 2.05) is 31.3 Å². The van der Waals surface area contributed by atoms with Crippen LogP contribution >= 0.6 is 12.4 Å². The normalized spacial score (nSPS) is 10.4. The third-order valence-electron chi connectivity index (χ3n) is 2.59. The molecule has 2 heterocycles. The Morgan fingerprint density at radius 3 is 2.65 bits per heavy atom. The summed E-state index contributed by atoms with van der Waals surface area (Å²) in [5, 5.41) is 4.25. The summed E-state index contributed by atoms with van der Waals surface area (Å²) < 4.78 is 17.7. The minimum absolute atomic E-state index is 0. The molecular weight excluding hydrogens is 282 g/mol. The first-order valence-electron chi connectivity index (χ1n) is 6.34. The van der Waals surface area contributed by atoms with E-state index in [0.29, 0.717) is 44.6 Å². The molecule has 0 amide bonds. The molecule has 0 aliphatic heterocycles. The molecule has 0 unspecified atom stereocenters. The van der Waals surface area contributed by atoms with E-state index in [4.69, 9.17) is 19.9 Å². The molecule has 0 radical (unpaired) electrons. The van der Waals surface area contributed by atoms with Gasteiger partial charge in [0.2, 0.25) is 0 Å². The number of nitrogens with two attached hydrogens (primary N) is 1. The largest absolute Gasteiger partial charge is 0.473 e. The number of rotatable bonds is 8. The molecule has 0 fully saturated rings. The quantitative estimate of drug-likeness (QED) is 0.752. The maximum absolute atomic E-state index is 5.95. The Labute approximate surface area is 124 Å². The fourth-order valence-electron chi connectivity index (χ4n) is 1.66. The van der Waals surface area contributed by atoms with Gasteiger partial charge in [-0.05, 0) is 19.1 Å². The second kappa shape index (κ2) is 8.63. The highest BCUT2D eigenvalue weighted by Gasteiger charge is 2.09. The van der Waals surface area contributed by atoms with Gasteiger partial charge in [0, 0.05) is 12.8 Å². The standard InChI is InChI=1S/C13H19N3O3.ClH/c1-2-17-7-8-18-9-10-19-13-12(14)11-5-3-4-6-16(11)15-13;/h3-6H,2,7-10,14H2,1H3;1H. The number of nitrogen functional groups attached to an aromatic ring is 1. The van der Waals surface area contributed by atoms with E-state index in [1.165, 1.54) is 0 Å². The van der Waals surface area contributed by atoms with Crippen molar-refractivity contribution in [2.45, 2.75) is 6.92 Å². The zero-order chi connectivity index (χ0) is 13.5. The Balaban J connectivity index is 0.00000200. The fourth-order valence-corrected chi connectivity index (χ4v) is 1.66. The van der Waals surface area contributed by atoms with Crippen LogP contribution in [0.25, 0.3) is 5.52 Å². The molecule has 6 nitrogen and oxygen atoms in total. The van der Waals surface area contributed by atoms with E-state index in [9.17, 15) is 0 Å². The number of halogens is 1. The molecule has 20 heavy (non-hydrogen) atoms. The Morgan fingerprint density at radius 2 is 1.90 bits per heavy atom. The van der Waals surface area contributed by atoms with E-state index < -0.39 is 0 Å². The van der Waals surface area contributed by atoms with Crippen molar-refractivity contribution in [2.75, 3.05) is 38.8 Å². The van der Waals surface area contributed by atoms with Crippen LogP contribution in [0.4, 0.5) is 5.69 Å². The van der Waals surface area contributed by atoms with Gasteiger partial charge in [0.25, 0.3) is 5.88 Å². The average Bonchev–Trinajstić information content (AvgIpc) is 2.75. The van der Waals surface area contributed by atoms with Crippen molar-refractivity contribution in [1.29, 1.82) is 0 Å². The summed E-state index contributed by atoms with van der Waals surface area (Å²) in [6.45, 7) is 4.73. The van der Waals surface area contributed by atoms with Crippen LogP contribution in [0.2, 0.25) is 0 Å². The predicted molar refractivity (Wildman–Crippen MR) is 79.7 cm³/mol. The Hall–Kier alpha value is -1.50. The van der Waals surface area contributed by atoms with Gasteiger partial charge in [-0.3, -0.25) is 0 Å². The van der Waals surface area contributed by atoms with Crippen molar-refractivity contribution in [1.82, 2.24) is 9.61 Å². The van der Waals surface area contributed by atoms with Gasteiger partial charge in [0.05, 0.1) is 25.3 Å². The van der Waals surface area contributed by atoms with E-state index in [0.717, 1.165) is 5.52 Å². The summed E-state index contributed by atoms with van der Waals surface area (Å²) in [4.78, 5) is 0. The minimum Gasteiger partial charge on any atom is -0.473 e. The lowest BCUT2D eigenvalue weighted by Crippen LogP contribution is -2.11. The lowest BCUT2D eigenvalue weighted by Gasteiger charge is -2.05. The summed E-state index contributed by atoms with van der Waals surface area (Å²) in [7, 11) is 0. The van der Waals surface area contributed by atoms with Crippen LogP contribution in [-0.2, 0) is 9.47 Å². The molecular formula is C13H20ClN3O3. The van der Waals surface area contributed by atoms with Crippen molar-refractivity contribution in [2.24, 2.45) is 0 Å². The van der Waals surface area contributed by atoms with Crippen LogP contribution in [0.3, 0.4) is 0 Å². The highest BCUT2D eigenvalue weighted by molar-refractivity contribution is 5.85. The third kappa shape index (κ3) is 4.26. The summed E-state index contributed by atoms with van der Waals surface area (Å²) in [5.41, 5.74) is 7.34. The second-order valence-electron chi connectivity index (χ2n) is 3.91. The molecule has 0 aliphatic rings. The number of anilines is 1. The van der Waals surface area contributed by atoms with E-state index in [2.05, 4.69) is 5.10 Å². The number of hydrogen-bond acceptors (Lipinski definition) is 5. The van der Waals surface area contributed by atoms with Crippen LogP contribution < -0.4 is 10.5 Å². The van der Waals surface area contributed by atoms with Crippen LogP contribution in [0, 0.1) is 0 Å². The molecule has 0 bridgehead atoms. The predicted octanol–water partition coefficient (Wildman–Crippen LogP) is 1.77. The first-order valence-corrected chi connectivity index (χ1v) is 6.34. The van der Waals surface area contributed by atoms with Crippen LogP contribution in [0.1, 0.15) is 6.92 Å². The SMILES string of the molecule is CCOCCOCCOc1nn2ccccc2c1N.Cl. The van der Waals surface area contributed by atoms with Gasteiger partial charge in [0.1, 0.15) is 12.3 Å². The Bertz CT molecular complexity index is 519. The van der Waals surface area contributed by atoms with Gasteiger partial charge in [0.15, 0.2) is 0 Å². The first-order chi connectivity index (χ1) is 9.33. The van der Waals surface area contributed by atoms with Gasteiger partial charge in [-0.2, -0.15) is 0 Å². The van der Waals surface area contributed by atoms with E-state index >= 15 is 0 Å². The fraction of sp³-hybridized carbons (Fsp3) is 0.462. The number of pyridine rings is 1. The number of nitrogens with zero attached hydrogens (tertiary/aromatic N) is 2. The highest BCUT2D eigenvalue weighted by Crippen LogP contribution is 2.24. The topological polar surface area (TPSA) is 71.0 Å². The Morgan fingerprint density at radius 1 is 1.15 bits per heavy atom. The summed E-state index contributed by atoms with van der Waals surface area (Å²) in [6.07, 6.45) is 1.83. The number of fused-ring (bicyclic) bond motifs is 1. The molecule has 2 aromatic heterocycles. The van der Waals surface area contributed by atoms with Gasteiger partial charge in [-0.15, -0.1) is 17.5 Å². The Kier molecular flexibility index (Phi) is 7.14. The summed E-state index contributed by atoms with van der Waals surface area (Å²) >= 11 is 0. The average molecular weight is 302 g/mol. The molecule has 2 rings (SSSR count). The van der Waals surface area contributed by atoms with Gasteiger partial charge in [-0.1, -0.05) is 6.07 Å². The van der Waals surface area contributed by atoms with E-state index in [-0.39, 0.29) is 12.4 Å². The molecule has 0 atom stereocenters. The zero-order valence-corrected chi connectivity index (χ0v) is 12.3. The monoisotopic (exact) mass is 301 g/mol. The van der Waals surface area contributed by atoms with E-state index in [1.54, 1.807) is 4.52 Å². The first kappa shape index (κ1) is 16.6. The summed E-state index contributed by atoms with van der Waals surface area (Å²) in [5.74, 6) is 0.444. The second-order valence-corrected chi connectivity index (χ2v) is 3.91. The number of hydrogen-bond donors (Lipinski definition) is 1. The molecule has 2 aromatic rings. The van der Waals surface area contributed by atoms with Gasteiger partial charge >= 0.3 is 0 Å². The van der Waals surface area contributed by atoms with Crippen molar-refractivity contribution in [3.8, 4) is 5.88 Å². The van der Waals surface area contributed by atoms with Crippen LogP contribution in [0.5, 0.6) is 5.88 Å². The lowest BCUT2D eigenvalue weighted by atomic mass is 10.4. The van der Waals surface area contributed by atoms with Crippen molar-refractivity contribution < 1.29 is 14.2 Å². The van der Waals surface area contributed by atoms with Crippen molar-refractivity contribution in [3.63, 3.8) is 0 Å². The van der Waals surface area contributed by atoms with Crippen molar-refractivity contribution in [3.05, 3.63) is 24.4 Å². The molecule has 7 heteroatoms. The molecule has 0 aliphatic carbocycles. The van der Waals surface area contributed by atoms with Crippen molar-refractivity contribution >= 4 is 23.6 Å². The lowest BCUT2D eigenvalue weighted by molar-refractivity contribution is 0.0400. The maximum Gasteiger partial charge on any atom is 0.257 e. The number of aromatic nitrogens is 2. The third-order valence-corrected chi connectivity index (χ3v) is 2.59.